The van der Waals surface area contributed by atoms with Crippen LogP contribution in [-0.2, 0) is 4.74 Å². The van der Waals surface area contributed by atoms with Gasteiger partial charge in [-0.25, -0.2) is 19.4 Å². The average molecular weight is 233 g/mol. The number of aromatic nitrogens is 4. The molecular weight excluding hydrogens is 222 g/mol. The van der Waals surface area contributed by atoms with Crippen molar-refractivity contribution in [3.63, 3.8) is 0 Å². The second-order valence-corrected chi connectivity index (χ2v) is 3.19. The first kappa shape index (κ1) is 11.1. The molecule has 2 heterocycles. The minimum Gasteiger partial charge on any atom is -0.461 e. The highest BCUT2D eigenvalue weighted by Gasteiger charge is 2.16. The van der Waals surface area contributed by atoms with Gasteiger partial charge in [0, 0.05) is 0 Å². The fraction of sp³-hybridized carbons (Fsp3) is 0.200. The van der Waals surface area contributed by atoms with Crippen LogP contribution >= 0.6 is 0 Å². The van der Waals surface area contributed by atoms with Crippen LogP contribution in [0, 0.1) is 0 Å². The first-order valence-electron chi connectivity index (χ1n) is 5.00. The van der Waals surface area contributed by atoms with Crippen molar-refractivity contribution >= 4 is 11.7 Å². The van der Waals surface area contributed by atoms with Crippen LogP contribution in [0.5, 0.6) is 0 Å². The minimum absolute atomic E-state index is 0.0932. The summed E-state index contributed by atoms with van der Waals surface area (Å²) in [6, 6.07) is 0. The molecule has 2 aromatic rings. The van der Waals surface area contributed by atoms with Crippen LogP contribution < -0.4 is 5.73 Å². The van der Waals surface area contributed by atoms with Gasteiger partial charge in [-0.3, -0.25) is 0 Å². The highest BCUT2D eigenvalue weighted by molar-refractivity contribution is 5.92. The minimum atomic E-state index is -0.541. The van der Waals surface area contributed by atoms with Crippen molar-refractivity contribution in [3.8, 4) is 5.69 Å². The number of nitrogens with zero attached hydrogens (tertiary/aromatic N) is 4. The van der Waals surface area contributed by atoms with E-state index in [2.05, 4.69) is 15.1 Å². The lowest BCUT2D eigenvalue weighted by molar-refractivity contribution is 0.0520. The number of carbonyl (C=O) groups is 1. The Bertz CT molecular complexity index is 523. The van der Waals surface area contributed by atoms with Gasteiger partial charge in [-0.05, 0) is 6.92 Å². The third-order valence-electron chi connectivity index (χ3n) is 2.02. The molecule has 17 heavy (non-hydrogen) atoms. The molecule has 0 aromatic carbocycles. The Morgan fingerprint density at radius 3 is 2.82 bits per heavy atom. The molecule has 2 N–H and O–H groups in total. The van der Waals surface area contributed by atoms with E-state index in [-0.39, 0.29) is 18.0 Å². The lowest BCUT2D eigenvalue weighted by atomic mass is 10.4. The van der Waals surface area contributed by atoms with E-state index in [1.54, 1.807) is 19.3 Å². The smallest absolute Gasteiger partial charge is 0.361 e. The SMILES string of the molecule is CCOC(=O)c1nn(-c2cncnc2)cc1N. The molecule has 0 unspecified atom stereocenters. The fourth-order valence-corrected chi connectivity index (χ4v) is 1.29. The predicted octanol–water partition coefficient (Wildman–Crippen LogP) is 0.421. The van der Waals surface area contributed by atoms with Gasteiger partial charge in [-0.2, -0.15) is 5.10 Å². The van der Waals surface area contributed by atoms with Crippen molar-refractivity contribution in [2.24, 2.45) is 0 Å². The third-order valence-corrected chi connectivity index (χ3v) is 2.02. The van der Waals surface area contributed by atoms with Crippen LogP contribution in [0.4, 0.5) is 5.69 Å². The molecule has 7 heteroatoms. The van der Waals surface area contributed by atoms with Gasteiger partial charge in [0.05, 0.1) is 30.9 Å². The Kier molecular flexibility index (Phi) is 2.99. The number of esters is 1. The molecule has 0 atom stereocenters. The number of rotatable bonds is 3. The number of anilines is 1. The molecule has 0 aliphatic carbocycles. The Labute approximate surface area is 97.2 Å². The summed E-state index contributed by atoms with van der Waals surface area (Å²) in [5.74, 6) is -0.541. The van der Waals surface area contributed by atoms with Crippen molar-refractivity contribution in [2.45, 2.75) is 6.92 Å². The molecule has 88 valence electrons. The first-order chi connectivity index (χ1) is 8.22. The van der Waals surface area contributed by atoms with Gasteiger partial charge >= 0.3 is 5.97 Å². The molecule has 2 rings (SSSR count). The summed E-state index contributed by atoms with van der Waals surface area (Å²) in [6.45, 7) is 2.00. The molecule has 0 saturated carbocycles. The summed E-state index contributed by atoms with van der Waals surface area (Å²) >= 11 is 0. The first-order valence-corrected chi connectivity index (χ1v) is 5.00. The molecular formula is C10H11N5O2. The zero-order valence-electron chi connectivity index (χ0n) is 9.20. The van der Waals surface area contributed by atoms with Crippen LogP contribution in [0.1, 0.15) is 17.4 Å². The van der Waals surface area contributed by atoms with Gasteiger partial charge in [0.2, 0.25) is 0 Å². The van der Waals surface area contributed by atoms with Crippen molar-refractivity contribution in [1.82, 2.24) is 19.7 Å². The van der Waals surface area contributed by atoms with Crippen LogP contribution in [0.3, 0.4) is 0 Å². The summed E-state index contributed by atoms with van der Waals surface area (Å²) < 4.78 is 6.26. The number of nitrogen functional groups attached to an aromatic ring is 1. The van der Waals surface area contributed by atoms with Crippen molar-refractivity contribution < 1.29 is 9.53 Å². The molecule has 0 aliphatic rings. The van der Waals surface area contributed by atoms with E-state index in [0.29, 0.717) is 5.69 Å². The maximum atomic E-state index is 11.5. The van der Waals surface area contributed by atoms with Gasteiger partial charge in [-0.15, -0.1) is 0 Å². The van der Waals surface area contributed by atoms with Gasteiger partial charge in [0.25, 0.3) is 0 Å². The van der Waals surface area contributed by atoms with E-state index in [1.807, 2.05) is 0 Å². The standard InChI is InChI=1S/C10H11N5O2/c1-2-17-10(16)9-8(11)5-15(14-9)7-3-12-6-13-4-7/h3-6H,2,11H2,1H3. The van der Waals surface area contributed by atoms with Gasteiger partial charge in [0.1, 0.15) is 12.0 Å². The highest BCUT2D eigenvalue weighted by atomic mass is 16.5. The van der Waals surface area contributed by atoms with Crippen molar-refractivity contribution in [3.05, 3.63) is 30.6 Å². The van der Waals surface area contributed by atoms with Crippen LogP contribution in [-0.4, -0.2) is 32.3 Å². The van der Waals surface area contributed by atoms with E-state index in [1.165, 1.54) is 17.2 Å². The van der Waals surface area contributed by atoms with Crippen LogP contribution in [0.2, 0.25) is 0 Å². The monoisotopic (exact) mass is 233 g/mol. The van der Waals surface area contributed by atoms with E-state index in [9.17, 15) is 4.79 Å². The third kappa shape index (κ3) is 2.22. The van der Waals surface area contributed by atoms with Gasteiger partial charge in [0.15, 0.2) is 5.69 Å². The summed E-state index contributed by atoms with van der Waals surface area (Å²) in [7, 11) is 0. The fourth-order valence-electron chi connectivity index (χ4n) is 1.29. The lowest BCUT2D eigenvalue weighted by Gasteiger charge is -1.99. The Morgan fingerprint density at radius 2 is 2.18 bits per heavy atom. The maximum Gasteiger partial charge on any atom is 0.361 e. The van der Waals surface area contributed by atoms with Crippen LogP contribution in [0.15, 0.2) is 24.9 Å². The molecule has 7 nitrogen and oxygen atoms in total. The summed E-state index contributed by atoms with van der Waals surface area (Å²) in [5.41, 5.74) is 6.66. The summed E-state index contributed by atoms with van der Waals surface area (Å²) in [4.78, 5) is 19.2. The van der Waals surface area contributed by atoms with Gasteiger partial charge < -0.3 is 10.5 Å². The zero-order valence-corrected chi connectivity index (χ0v) is 9.20. The van der Waals surface area contributed by atoms with E-state index >= 15 is 0 Å². The second kappa shape index (κ2) is 4.60. The zero-order chi connectivity index (χ0) is 12.3. The number of nitrogens with two attached hydrogens (primary N) is 1. The largest absolute Gasteiger partial charge is 0.461 e. The summed E-state index contributed by atoms with van der Waals surface area (Å²) in [6.07, 6.45) is 6.05. The van der Waals surface area contributed by atoms with Gasteiger partial charge in [-0.1, -0.05) is 0 Å². The number of hydrogen-bond acceptors (Lipinski definition) is 6. The number of hydrogen-bond donors (Lipinski definition) is 1. The topological polar surface area (TPSA) is 95.9 Å². The van der Waals surface area contributed by atoms with E-state index in [0.717, 1.165) is 0 Å². The van der Waals surface area contributed by atoms with Crippen LogP contribution in [0.25, 0.3) is 5.69 Å². The predicted molar refractivity (Wildman–Crippen MR) is 59.5 cm³/mol. The Morgan fingerprint density at radius 1 is 1.47 bits per heavy atom. The Hall–Kier alpha value is -2.44. The second-order valence-electron chi connectivity index (χ2n) is 3.19. The normalized spacial score (nSPS) is 10.2. The molecule has 0 radical (unpaired) electrons. The average Bonchev–Trinajstić information content (AvgIpc) is 2.73. The lowest BCUT2D eigenvalue weighted by Crippen LogP contribution is -2.08. The van der Waals surface area contributed by atoms with Crippen molar-refractivity contribution in [2.75, 3.05) is 12.3 Å². The van der Waals surface area contributed by atoms with E-state index < -0.39 is 5.97 Å². The van der Waals surface area contributed by atoms with E-state index in [4.69, 9.17) is 10.5 Å². The summed E-state index contributed by atoms with van der Waals surface area (Å²) in [5, 5.41) is 4.04. The molecule has 0 bridgehead atoms. The Balaban J connectivity index is 2.34. The molecule has 0 fully saturated rings. The highest BCUT2D eigenvalue weighted by Crippen LogP contribution is 2.13. The molecule has 2 aromatic heterocycles. The maximum absolute atomic E-state index is 11.5. The molecule has 0 amide bonds. The molecule has 0 spiro atoms. The molecule has 0 saturated heterocycles. The number of ether oxygens (including phenoxy) is 1. The quantitative estimate of drug-likeness (QED) is 0.772. The molecule has 0 aliphatic heterocycles. The number of carbonyl (C=O) groups excluding carboxylic acids is 1. The van der Waals surface area contributed by atoms with Crippen molar-refractivity contribution in [1.29, 1.82) is 0 Å².